The summed E-state index contributed by atoms with van der Waals surface area (Å²) in [5.74, 6) is 0.511. The Morgan fingerprint density at radius 1 is 1.25 bits per heavy atom. The lowest BCUT2D eigenvalue weighted by molar-refractivity contribution is -0.105. The van der Waals surface area contributed by atoms with Gasteiger partial charge in [0, 0.05) is 0 Å². The zero-order chi connectivity index (χ0) is 11.7. The molecule has 84 valence electrons. The van der Waals surface area contributed by atoms with Crippen LogP contribution >= 0.6 is 0 Å². The predicted molar refractivity (Wildman–Crippen MR) is 67.6 cm³/mol. The van der Waals surface area contributed by atoms with E-state index in [1.165, 1.54) is 22.3 Å². The van der Waals surface area contributed by atoms with Gasteiger partial charge in [0.15, 0.2) is 0 Å². The van der Waals surface area contributed by atoms with Gasteiger partial charge in [-0.05, 0) is 59.6 Å². The van der Waals surface area contributed by atoms with Crippen LogP contribution in [-0.2, 0) is 11.2 Å². The van der Waals surface area contributed by atoms with Crippen molar-refractivity contribution in [1.82, 2.24) is 0 Å². The normalized spacial score (nSPS) is 14.6. The Hall–Kier alpha value is -1.37. The predicted octanol–water partition coefficient (Wildman–Crippen LogP) is 3.65. The average molecular weight is 214 g/mol. The van der Waals surface area contributed by atoms with E-state index in [4.69, 9.17) is 0 Å². The van der Waals surface area contributed by atoms with Gasteiger partial charge >= 0.3 is 0 Å². The van der Waals surface area contributed by atoms with E-state index in [2.05, 4.69) is 39.0 Å². The van der Waals surface area contributed by atoms with Gasteiger partial charge in [-0.3, -0.25) is 4.79 Å². The molecule has 1 aromatic rings. The SMILES string of the molecule is Cc1ccc(C(C)C)c2c1CCC(C=O)=C2. The lowest BCUT2D eigenvalue weighted by Crippen LogP contribution is -2.06. The first kappa shape index (κ1) is 11.1. The topological polar surface area (TPSA) is 17.1 Å². The highest BCUT2D eigenvalue weighted by atomic mass is 16.1. The maximum absolute atomic E-state index is 10.9. The molecule has 16 heavy (non-hydrogen) atoms. The Morgan fingerprint density at radius 2 is 2.00 bits per heavy atom. The Bertz CT molecular complexity index is 453. The molecule has 0 unspecified atom stereocenters. The van der Waals surface area contributed by atoms with Crippen LogP contribution in [0.4, 0.5) is 0 Å². The first-order chi connectivity index (χ1) is 7.63. The van der Waals surface area contributed by atoms with E-state index in [-0.39, 0.29) is 0 Å². The molecule has 1 heteroatoms. The molecule has 1 aliphatic rings. The minimum Gasteiger partial charge on any atom is -0.298 e. The molecule has 1 aliphatic carbocycles. The molecule has 0 aliphatic heterocycles. The van der Waals surface area contributed by atoms with Crippen molar-refractivity contribution >= 4 is 12.4 Å². The largest absolute Gasteiger partial charge is 0.298 e. The standard InChI is InChI=1S/C15H18O/c1-10(2)13-6-4-11(3)14-7-5-12(9-16)8-15(13)14/h4,6,8-10H,5,7H2,1-3H3. The van der Waals surface area contributed by atoms with Gasteiger partial charge in [-0.2, -0.15) is 0 Å². The highest BCUT2D eigenvalue weighted by Gasteiger charge is 2.16. The van der Waals surface area contributed by atoms with Gasteiger partial charge in [-0.1, -0.05) is 26.0 Å². The fourth-order valence-corrected chi connectivity index (χ4v) is 2.42. The highest BCUT2D eigenvalue weighted by molar-refractivity contribution is 5.84. The molecule has 0 fully saturated rings. The van der Waals surface area contributed by atoms with Crippen LogP contribution < -0.4 is 0 Å². The summed E-state index contributed by atoms with van der Waals surface area (Å²) < 4.78 is 0. The van der Waals surface area contributed by atoms with Gasteiger partial charge in [0.1, 0.15) is 6.29 Å². The second-order valence-corrected chi connectivity index (χ2v) is 4.86. The second-order valence-electron chi connectivity index (χ2n) is 4.86. The van der Waals surface area contributed by atoms with E-state index in [0.717, 1.165) is 24.7 Å². The molecule has 0 radical (unpaired) electrons. The molecular formula is C15H18O. The molecule has 1 aromatic carbocycles. The monoisotopic (exact) mass is 214 g/mol. The van der Waals surface area contributed by atoms with Crippen LogP contribution in [0.5, 0.6) is 0 Å². The van der Waals surface area contributed by atoms with E-state index < -0.39 is 0 Å². The van der Waals surface area contributed by atoms with Gasteiger partial charge in [0.2, 0.25) is 0 Å². The average Bonchev–Trinajstić information content (AvgIpc) is 2.28. The lowest BCUT2D eigenvalue weighted by Gasteiger charge is -2.21. The van der Waals surface area contributed by atoms with Crippen molar-refractivity contribution in [1.29, 1.82) is 0 Å². The summed E-state index contributed by atoms with van der Waals surface area (Å²) >= 11 is 0. The summed E-state index contributed by atoms with van der Waals surface area (Å²) in [7, 11) is 0. The molecule has 0 N–H and O–H groups in total. The second kappa shape index (κ2) is 4.25. The van der Waals surface area contributed by atoms with Crippen molar-refractivity contribution < 1.29 is 4.79 Å². The van der Waals surface area contributed by atoms with Gasteiger partial charge in [0.05, 0.1) is 0 Å². The minimum atomic E-state index is 0.511. The molecule has 0 aromatic heterocycles. The van der Waals surface area contributed by atoms with Crippen molar-refractivity contribution in [3.8, 4) is 0 Å². The smallest absolute Gasteiger partial charge is 0.146 e. The molecule has 0 atom stereocenters. The van der Waals surface area contributed by atoms with E-state index >= 15 is 0 Å². The molecule has 0 saturated carbocycles. The number of aryl methyl sites for hydroxylation is 1. The van der Waals surface area contributed by atoms with Gasteiger partial charge in [-0.15, -0.1) is 0 Å². The fourth-order valence-electron chi connectivity index (χ4n) is 2.42. The van der Waals surface area contributed by atoms with Crippen LogP contribution in [0.15, 0.2) is 17.7 Å². The Labute approximate surface area is 97.2 Å². The van der Waals surface area contributed by atoms with Crippen molar-refractivity contribution in [2.45, 2.75) is 39.5 Å². The fraction of sp³-hybridized carbons (Fsp3) is 0.400. The molecule has 0 heterocycles. The summed E-state index contributed by atoms with van der Waals surface area (Å²) in [6.07, 6.45) is 4.97. The minimum absolute atomic E-state index is 0.511. The van der Waals surface area contributed by atoms with E-state index in [1.807, 2.05) is 0 Å². The zero-order valence-electron chi connectivity index (χ0n) is 10.2. The molecule has 0 spiro atoms. The van der Waals surface area contributed by atoms with Crippen LogP contribution in [0.1, 0.15) is 48.4 Å². The van der Waals surface area contributed by atoms with E-state index in [1.54, 1.807) is 0 Å². The summed E-state index contributed by atoms with van der Waals surface area (Å²) in [6.45, 7) is 6.56. The number of rotatable bonds is 2. The summed E-state index contributed by atoms with van der Waals surface area (Å²) in [4.78, 5) is 10.9. The van der Waals surface area contributed by atoms with E-state index in [9.17, 15) is 4.79 Å². The molecule has 0 saturated heterocycles. The van der Waals surface area contributed by atoms with Crippen molar-refractivity contribution in [2.75, 3.05) is 0 Å². The Balaban J connectivity index is 2.63. The zero-order valence-corrected chi connectivity index (χ0v) is 10.2. The molecule has 2 rings (SSSR count). The Morgan fingerprint density at radius 3 is 2.62 bits per heavy atom. The van der Waals surface area contributed by atoms with Gasteiger partial charge in [-0.25, -0.2) is 0 Å². The molecular weight excluding hydrogens is 196 g/mol. The maximum atomic E-state index is 10.9. The third kappa shape index (κ3) is 1.82. The van der Waals surface area contributed by atoms with Crippen LogP contribution in [-0.4, -0.2) is 6.29 Å². The summed E-state index contributed by atoms with van der Waals surface area (Å²) in [5, 5.41) is 0. The number of carbonyl (C=O) groups excluding carboxylic acids is 1. The van der Waals surface area contributed by atoms with Crippen LogP contribution in [0.3, 0.4) is 0 Å². The lowest BCUT2D eigenvalue weighted by atomic mass is 9.84. The molecule has 0 amide bonds. The summed E-state index contributed by atoms with van der Waals surface area (Å²) in [5.41, 5.74) is 6.36. The van der Waals surface area contributed by atoms with Crippen molar-refractivity contribution in [3.63, 3.8) is 0 Å². The van der Waals surface area contributed by atoms with Crippen LogP contribution in [0, 0.1) is 6.92 Å². The molecule has 0 bridgehead atoms. The van der Waals surface area contributed by atoms with Crippen LogP contribution in [0.2, 0.25) is 0 Å². The summed E-state index contributed by atoms with van der Waals surface area (Å²) in [6, 6.07) is 4.40. The number of hydrogen-bond acceptors (Lipinski definition) is 1. The first-order valence-electron chi connectivity index (χ1n) is 5.91. The highest BCUT2D eigenvalue weighted by Crippen LogP contribution is 2.32. The number of fused-ring (bicyclic) bond motifs is 1. The quantitative estimate of drug-likeness (QED) is 0.687. The number of hydrogen-bond donors (Lipinski definition) is 0. The van der Waals surface area contributed by atoms with Crippen LogP contribution in [0.25, 0.3) is 6.08 Å². The Kier molecular flexibility index (Phi) is 2.95. The third-order valence-electron chi connectivity index (χ3n) is 3.39. The van der Waals surface area contributed by atoms with Gasteiger partial charge < -0.3 is 0 Å². The number of carbonyl (C=O) groups is 1. The maximum Gasteiger partial charge on any atom is 0.146 e. The third-order valence-corrected chi connectivity index (χ3v) is 3.39. The van der Waals surface area contributed by atoms with Crippen molar-refractivity contribution in [3.05, 3.63) is 40.0 Å². The first-order valence-corrected chi connectivity index (χ1v) is 5.91. The number of aldehydes is 1. The van der Waals surface area contributed by atoms with Crippen molar-refractivity contribution in [2.24, 2.45) is 0 Å². The number of allylic oxidation sites excluding steroid dienone is 1. The van der Waals surface area contributed by atoms with E-state index in [0.29, 0.717) is 5.92 Å². The number of benzene rings is 1. The molecule has 1 nitrogen and oxygen atoms in total. The van der Waals surface area contributed by atoms with Gasteiger partial charge in [0.25, 0.3) is 0 Å².